The predicted molar refractivity (Wildman–Crippen MR) is 56.7 cm³/mol. The van der Waals surface area contributed by atoms with Crippen molar-refractivity contribution in [2.75, 3.05) is 19.7 Å². The minimum Gasteiger partial charge on any atom is -0.394 e. The molecule has 1 aliphatic rings. The summed E-state index contributed by atoms with van der Waals surface area (Å²) in [6.07, 6.45) is -4.44. The van der Waals surface area contributed by atoms with Crippen LogP contribution in [0.4, 0.5) is 0 Å². The van der Waals surface area contributed by atoms with Crippen LogP contribution in [-0.4, -0.2) is 75.7 Å². The summed E-state index contributed by atoms with van der Waals surface area (Å²) in [5.74, 6) is 0. The van der Waals surface area contributed by atoms with Crippen LogP contribution in [0.3, 0.4) is 0 Å². The van der Waals surface area contributed by atoms with Gasteiger partial charge in [-0.25, -0.2) is 0 Å². The Morgan fingerprint density at radius 3 is 2.06 bits per heavy atom. The molecule has 0 aromatic heterocycles. The maximum absolute atomic E-state index is 9.90. The first-order chi connectivity index (χ1) is 7.56. The molecular formula is C10H21NO5. The largest absolute Gasteiger partial charge is 0.394 e. The standard InChI is InChI=1S/C10H21NO5/c1-3-11(4-2)7-9(14)8(13)6(5-12)16-10(7)15/h6-10,12-15H,3-5H2,1-2H3/t6-,7+,8+,9-,10-/m1/s1. The number of aliphatic hydroxyl groups excluding tert-OH is 4. The molecule has 6 heteroatoms. The van der Waals surface area contributed by atoms with Crippen LogP contribution in [0.5, 0.6) is 0 Å². The first kappa shape index (κ1) is 13.8. The van der Waals surface area contributed by atoms with Crippen molar-refractivity contribution in [1.82, 2.24) is 4.90 Å². The molecule has 16 heavy (non-hydrogen) atoms. The highest BCUT2D eigenvalue weighted by molar-refractivity contribution is 4.93. The lowest BCUT2D eigenvalue weighted by atomic mass is 9.96. The van der Waals surface area contributed by atoms with E-state index in [2.05, 4.69) is 0 Å². The molecule has 0 aliphatic carbocycles. The van der Waals surface area contributed by atoms with Gasteiger partial charge < -0.3 is 25.2 Å². The van der Waals surface area contributed by atoms with Gasteiger partial charge >= 0.3 is 0 Å². The summed E-state index contributed by atoms with van der Waals surface area (Å²) in [4.78, 5) is 1.81. The van der Waals surface area contributed by atoms with Gasteiger partial charge in [-0.15, -0.1) is 0 Å². The molecule has 0 radical (unpaired) electrons. The van der Waals surface area contributed by atoms with E-state index in [0.29, 0.717) is 13.1 Å². The average Bonchev–Trinajstić information content (AvgIpc) is 2.29. The highest BCUT2D eigenvalue weighted by atomic mass is 16.6. The summed E-state index contributed by atoms with van der Waals surface area (Å²) in [6.45, 7) is 4.63. The highest BCUT2D eigenvalue weighted by Crippen LogP contribution is 2.23. The zero-order valence-electron chi connectivity index (χ0n) is 9.65. The van der Waals surface area contributed by atoms with E-state index in [4.69, 9.17) is 9.84 Å². The number of rotatable bonds is 4. The van der Waals surface area contributed by atoms with E-state index in [1.54, 1.807) is 0 Å². The van der Waals surface area contributed by atoms with E-state index >= 15 is 0 Å². The number of likely N-dealkylation sites (N-methyl/N-ethyl adjacent to an activating group) is 1. The van der Waals surface area contributed by atoms with Crippen molar-refractivity contribution in [2.45, 2.75) is 44.5 Å². The molecule has 0 spiro atoms. The normalized spacial score (nSPS) is 40.3. The minimum atomic E-state index is -1.20. The third-order valence-electron chi connectivity index (χ3n) is 3.10. The summed E-state index contributed by atoms with van der Waals surface area (Å²) in [7, 11) is 0. The maximum atomic E-state index is 9.90. The first-order valence-electron chi connectivity index (χ1n) is 5.61. The zero-order valence-corrected chi connectivity index (χ0v) is 9.65. The number of nitrogens with zero attached hydrogens (tertiary/aromatic N) is 1. The van der Waals surface area contributed by atoms with Crippen molar-refractivity contribution in [1.29, 1.82) is 0 Å². The molecule has 6 nitrogen and oxygen atoms in total. The van der Waals surface area contributed by atoms with Crippen molar-refractivity contribution in [3.05, 3.63) is 0 Å². The molecular weight excluding hydrogens is 214 g/mol. The lowest BCUT2D eigenvalue weighted by molar-refractivity contribution is -0.271. The van der Waals surface area contributed by atoms with Crippen LogP contribution in [-0.2, 0) is 4.74 Å². The molecule has 0 unspecified atom stereocenters. The second-order valence-corrected chi connectivity index (χ2v) is 3.94. The Labute approximate surface area is 95.1 Å². The average molecular weight is 235 g/mol. The summed E-state index contributed by atoms with van der Waals surface area (Å²) < 4.78 is 5.07. The van der Waals surface area contributed by atoms with Crippen molar-refractivity contribution in [2.24, 2.45) is 0 Å². The molecule has 1 heterocycles. The third kappa shape index (κ3) is 2.53. The molecule has 0 aromatic carbocycles. The Bertz CT molecular complexity index is 211. The van der Waals surface area contributed by atoms with Gasteiger partial charge in [-0.3, -0.25) is 4.90 Å². The van der Waals surface area contributed by atoms with Gasteiger partial charge in [-0.1, -0.05) is 13.8 Å². The molecule has 1 aliphatic heterocycles. The minimum absolute atomic E-state index is 0.430. The van der Waals surface area contributed by atoms with E-state index in [9.17, 15) is 15.3 Å². The van der Waals surface area contributed by atoms with Gasteiger partial charge in [-0.2, -0.15) is 0 Å². The van der Waals surface area contributed by atoms with E-state index in [-0.39, 0.29) is 0 Å². The Morgan fingerprint density at radius 2 is 1.62 bits per heavy atom. The number of hydrogen-bond acceptors (Lipinski definition) is 6. The molecule has 1 rings (SSSR count). The van der Waals surface area contributed by atoms with E-state index in [1.807, 2.05) is 18.7 Å². The monoisotopic (exact) mass is 235 g/mol. The highest BCUT2D eigenvalue weighted by Gasteiger charge is 2.45. The summed E-state index contributed by atoms with van der Waals surface area (Å²) in [5.41, 5.74) is 0. The maximum Gasteiger partial charge on any atom is 0.173 e. The SMILES string of the molecule is CCN(CC)[C@H]1[C@@H](O)[C@@H](O)[C@@H](CO)O[C@H]1O. The van der Waals surface area contributed by atoms with Crippen molar-refractivity contribution in [3.63, 3.8) is 0 Å². The molecule has 0 amide bonds. The quantitative estimate of drug-likeness (QED) is 0.456. The smallest absolute Gasteiger partial charge is 0.173 e. The topological polar surface area (TPSA) is 93.4 Å². The third-order valence-corrected chi connectivity index (χ3v) is 3.10. The fraction of sp³-hybridized carbons (Fsp3) is 1.00. The van der Waals surface area contributed by atoms with Crippen LogP contribution < -0.4 is 0 Å². The van der Waals surface area contributed by atoms with Gasteiger partial charge in [-0.05, 0) is 13.1 Å². The van der Waals surface area contributed by atoms with Crippen LogP contribution in [0.15, 0.2) is 0 Å². The molecule has 5 atom stereocenters. The first-order valence-corrected chi connectivity index (χ1v) is 5.61. The fourth-order valence-corrected chi connectivity index (χ4v) is 2.12. The van der Waals surface area contributed by atoms with Crippen LogP contribution in [0.2, 0.25) is 0 Å². The van der Waals surface area contributed by atoms with Gasteiger partial charge in [0.15, 0.2) is 6.29 Å². The van der Waals surface area contributed by atoms with Crippen LogP contribution in [0, 0.1) is 0 Å². The molecule has 1 saturated heterocycles. The Kier molecular flexibility index (Phi) is 5.10. The molecule has 96 valence electrons. The molecule has 4 N–H and O–H groups in total. The van der Waals surface area contributed by atoms with Crippen LogP contribution >= 0.6 is 0 Å². The molecule has 0 bridgehead atoms. The van der Waals surface area contributed by atoms with Crippen LogP contribution in [0.25, 0.3) is 0 Å². The Balaban J connectivity index is 2.78. The Morgan fingerprint density at radius 1 is 1.06 bits per heavy atom. The van der Waals surface area contributed by atoms with Gasteiger partial charge in [0.1, 0.15) is 18.3 Å². The second kappa shape index (κ2) is 5.90. The fourth-order valence-electron chi connectivity index (χ4n) is 2.12. The van der Waals surface area contributed by atoms with E-state index < -0.39 is 37.3 Å². The number of aliphatic hydroxyl groups is 4. The van der Waals surface area contributed by atoms with Gasteiger partial charge in [0.2, 0.25) is 0 Å². The number of hydrogen-bond donors (Lipinski definition) is 4. The zero-order chi connectivity index (χ0) is 12.3. The molecule has 0 aromatic rings. The lowest BCUT2D eigenvalue weighted by Gasteiger charge is -2.44. The van der Waals surface area contributed by atoms with E-state index in [1.165, 1.54) is 0 Å². The van der Waals surface area contributed by atoms with E-state index in [0.717, 1.165) is 0 Å². The summed E-state index contributed by atoms with van der Waals surface area (Å²) >= 11 is 0. The van der Waals surface area contributed by atoms with Gasteiger partial charge in [0, 0.05) is 0 Å². The van der Waals surface area contributed by atoms with Crippen molar-refractivity contribution >= 4 is 0 Å². The summed E-state index contributed by atoms with van der Waals surface area (Å²) in [5, 5.41) is 38.3. The lowest BCUT2D eigenvalue weighted by Crippen LogP contribution is -2.64. The van der Waals surface area contributed by atoms with Crippen molar-refractivity contribution < 1.29 is 25.2 Å². The van der Waals surface area contributed by atoms with Gasteiger partial charge in [0.05, 0.1) is 12.6 Å². The second-order valence-electron chi connectivity index (χ2n) is 3.94. The molecule has 1 fully saturated rings. The predicted octanol–water partition coefficient (Wildman–Crippen LogP) is -1.87. The van der Waals surface area contributed by atoms with Gasteiger partial charge in [0.25, 0.3) is 0 Å². The van der Waals surface area contributed by atoms with Crippen molar-refractivity contribution in [3.8, 4) is 0 Å². The summed E-state index contributed by atoms with van der Waals surface area (Å²) in [6, 6.07) is -0.659. The Hall–Kier alpha value is -0.240. The van der Waals surface area contributed by atoms with Crippen LogP contribution in [0.1, 0.15) is 13.8 Å². The molecule has 0 saturated carbocycles. The number of ether oxygens (including phenoxy) is 1.